The number of benzene rings is 1. The number of amides is 1. The van der Waals surface area contributed by atoms with Gasteiger partial charge in [0.1, 0.15) is 6.61 Å². The molecule has 3 aliphatic heterocycles. The van der Waals surface area contributed by atoms with Crippen molar-refractivity contribution in [3.63, 3.8) is 0 Å². The lowest BCUT2D eigenvalue weighted by Gasteiger charge is -2.49. The van der Waals surface area contributed by atoms with Crippen molar-refractivity contribution < 1.29 is 14.3 Å². The monoisotopic (exact) mass is 450 g/mol. The molecule has 2 aromatic rings. The number of anilines is 1. The molecule has 3 saturated heterocycles. The first-order chi connectivity index (χ1) is 16.0. The molecular weight excluding hydrogens is 416 g/mol. The maximum Gasteiger partial charge on any atom is 0.411 e. The fourth-order valence-electron chi connectivity index (χ4n) is 6.03. The van der Waals surface area contributed by atoms with E-state index in [9.17, 15) is 9.59 Å². The number of nitrogens with zero attached hydrogens (tertiary/aromatic N) is 3. The summed E-state index contributed by atoms with van der Waals surface area (Å²) in [5.41, 5.74) is 3.91. The van der Waals surface area contributed by atoms with Gasteiger partial charge >= 0.3 is 6.09 Å². The molecule has 4 unspecified atom stereocenters. The van der Waals surface area contributed by atoms with Crippen molar-refractivity contribution in [2.24, 2.45) is 13.0 Å². The number of hydrogen-bond donors (Lipinski definition) is 1. The van der Waals surface area contributed by atoms with Gasteiger partial charge in [0, 0.05) is 48.4 Å². The number of carbonyl (C=O) groups excluding carboxylic acids is 2. The van der Waals surface area contributed by atoms with Gasteiger partial charge in [-0.05, 0) is 75.4 Å². The van der Waals surface area contributed by atoms with E-state index in [-0.39, 0.29) is 11.8 Å². The van der Waals surface area contributed by atoms with Crippen molar-refractivity contribution in [1.29, 1.82) is 0 Å². The second kappa shape index (κ2) is 9.29. The number of ketones is 1. The fraction of sp³-hybridized carbons (Fsp3) is 0.577. The Hall–Kier alpha value is -2.67. The number of aromatic nitrogens is 2. The summed E-state index contributed by atoms with van der Waals surface area (Å²) >= 11 is 0. The van der Waals surface area contributed by atoms with Crippen LogP contribution in [-0.2, 0) is 11.8 Å². The molecule has 4 fully saturated rings. The molecule has 7 nitrogen and oxygen atoms in total. The maximum absolute atomic E-state index is 12.3. The van der Waals surface area contributed by atoms with Gasteiger partial charge in [-0.2, -0.15) is 5.10 Å². The van der Waals surface area contributed by atoms with Crippen molar-refractivity contribution >= 4 is 17.6 Å². The molecule has 1 saturated carbocycles. The third-order valence-electron chi connectivity index (χ3n) is 7.91. The van der Waals surface area contributed by atoms with Crippen LogP contribution >= 0.6 is 0 Å². The minimum absolute atomic E-state index is 0.00437. The molecule has 7 heteroatoms. The van der Waals surface area contributed by atoms with Crippen LogP contribution in [0.15, 0.2) is 30.3 Å². The van der Waals surface area contributed by atoms with E-state index in [4.69, 9.17) is 9.84 Å². The van der Waals surface area contributed by atoms with Gasteiger partial charge in [-0.1, -0.05) is 12.8 Å². The second-order valence-electron chi connectivity index (χ2n) is 10.00. The summed E-state index contributed by atoms with van der Waals surface area (Å²) in [4.78, 5) is 26.2. The van der Waals surface area contributed by atoms with Crippen LogP contribution in [0.1, 0.15) is 79.0 Å². The van der Waals surface area contributed by atoms with Gasteiger partial charge in [0.05, 0.1) is 5.69 Å². The van der Waals surface area contributed by atoms with E-state index < -0.39 is 6.09 Å². The number of carbonyl (C=O) groups is 2. The molecule has 33 heavy (non-hydrogen) atoms. The number of ether oxygens (including phenoxy) is 1. The van der Waals surface area contributed by atoms with Crippen molar-refractivity contribution in [3.8, 4) is 0 Å². The Morgan fingerprint density at radius 1 is 1.15 bits per heavy atom. The number of aryl methyl sites for hydroxylation is 1. The highest BCUT2D eigenvalue weighted by molar-refractivity contribution is 5.94. The molecule has 4 heterocycles. The summed E-state index contributed by atoms with van der Waals surface area (Å²) in [6.07, 6.45) is 7.01. The van der Waals surface area contributed by atoms with Crippen LogP contribution in [-0.4, -0.2) is 52.3 Å². The van der Waals surface area contributed by atoms with E-state index in [2.05, 4.69) is 28.0 Å². The third-order valence-corrected chi connectivity index (χ3v) is 7.91. The lowest BCUT2D eigenvalue weighted by Crippen LogP contribution is -2.54. The van der Waals surface area contributed by atoms with Crippen molar-refractivity contribution in [2.75, 3.05) is 25.0 Å². The molecule has 2 bridgehead atoms. The predicted octanol–water partition coefficient (Wildman–Crippen LogP) is 4.71. The number of fused-ring (bicyclic) bond motifs is 3. The number of Topliss-reactive ketones (excluding diaryl/α,β-unsaturated/α-hetero) is 1. The van der Waals surface area contributed by atoms with Crippen LogP contribution in [0, 0.1) is 5.92 Å². The van der Waals surface area contributed by atoms with Gasteiger partial charge in [0.2, 0.25) is 0 Å². The first-order valence-electron chi connectivity index (χ1n) is 12.3. The maximum atomic E-state index is 12.3. The van der Waals surface area contributed by atoms with Crippen LogP contribution in [0.4, 0.5) is 10.5 Å². The number of nitrogens with one attached hydrogen (secondary N) is 1. The van der Waals surface area contributed by atoms with Gasteiger partial charge in [-0.15, -0.1) is 0 Å². The average Bonchev–Trinajstić information content (AvgIpc) is 3.48. The van der Waals surface area contributed by atoms with Crippen molar-refractivity contribution in [3.05, 3.63) is 47.3 Å². The minimum Gasteiger partial charge on any atom is -0.448 e. The van der Waals surface area contributed by atoms with Crippen LogP contribution < -0.4 is 5.32 Å². The molecule has 1 aromatic heterocycles. The predicted molar refractivity (Wildman–Crippen MR) is 127 cm³/mol. The Kier molecular flexibility index (Phi) is 6.23. The van der Waals surface area contributed by atoms with Gasteiger partial charge < -0.3 is 4.74 Å². The van der Waals surface area contributed by atoms with Crippen LogP contribution in [0.3, 0.4) is 0 Å². The Morgan fingerprint density at radius 3 is 2.58 bits per heavy atom. The second-order valence-corrected chi connectivity index (χ2v) is 10.00. The fourth-order valence-corrected chi connectivity index (χ4v) is 6.03. The molecule has 0 spiro atoms. The van der Waals surface area contributed by atoms with E-state index in [0.717, 1.165) is 19.5 Å². The molecule has 4 aliphatic rings. The number of rotatable bonds is 6. The smallest absolute Gasteiger partial charge is 0.411 e. The molecule has 4 atom stereocenters. The Balaban J connectivity index is 1.15. The highest BCUT2D eigenvalue weighted by atomic mass is 16.5. The van der Waals surface area contributed by atoms with Gasteiger partial charge in [0.25, 0.3) is 0 Å². The minimum atomic E-state index is -0.447. The van der Waals surface area contributed by atoms with E-state index in [1.54, 1.807) is 24.3 Å². The molecule has 1 N–H and O–H groups in total. The molecule has 6 rings (SSSR count). The van der Waals surface area contributed by atoms with E-state index in [0.29, 0.717) is 35.6 Å². The topological polar surface area (TPSA) is 76.5 Å². The number of piperidine rings is 3. The van der Waals surface area contributed by atoms with Crippen molar-refractivity contribution in [2.45, 2.75) is 63.3 Å². The Morgan fingerprint density at radius 2 is 1.91 bits per heavy atom. The van der Waals surface area contributed by atoms with Gasteiger partial charge in [-0.3, -0.25) is 19.7 Å². The molecule has 176 valence electrons. The van der Waals surface area contributed by atoms with Gasteiger partial charge in [-0.25, -0.2) is 4.79 Å². The summed E-state index contributed by atoms with van der Waals surface area (Å²) in [6.45, 7) is 4.00. The van der Waals surface area contributed by atoms with Gasteiger partial charge in [0.15, 0.2) is 5.78 Å². The Bertz CT molecular complexity index is 1010. The molecule has 1 aliphatic carbocycles. The summed E-state index contributed by atoms with van der Waals surface area (Å²) in [6, 6.07) is 9.51. The summed E-state index contributed by atoms with van der Waals surface area (Å²) in [5, 5.41) is 7.65. The average molecular weight is 451 g/mol. The van der Waals surface area contributed by atoms with Crippen LogP contribution in [0.25, 0.3) is 0 Å². The standard InChI is InChI=1S/C26H34N4O3/c1-17(31)18-7-9-21(10-8-18)27-26(32)33-16-22-13-20-11-12-30(22)15-23(20)25-14-24(28-29(25)2)19-5-3-4-6-19/h7-10,14,19-20,22-23H,3-6,11-13,15-16H2,1-2H3,(H,27,32). The third kappa shape index (κ3) is 4.69. The first kappa shape index (κ1) is 22.1. The number of hydrogen-bond acceptors (Lipinski definition) is 5. The quantitative estimate of drug-likeness (QED) is 0.645. The molecule has 1 amide bonds. The zero-order valence-electron chi connectivity index (χ0n) is 19.6. The molecular formula is C26H34N4O3. The highest BCUT2D eigenvalue weighted by Gasteiger charge is 2.42. The Labute approximate surface area is 195 Å². The van der Waals surface area contributed by atoms with E-state index in [1.807, 2.05) is 0 Å². The summed E-state index contributed by atoms with van der Waals surface area (Å²) in [7, 11) is 2.10. The van der Waals surface area contributed by atoms with E-state index >= 15 is 0 Å². The SMILES string of the molecule is CC(=O)c1ccc(NC(=O)OCC2CC3CCN2CC3c2cc(C3CCCC3)nn2C)cc1. The normalized spacial score (nSPS) is 27.0. The summed E-state index contributed by atoms with van der Waals surface area (Å²) in [5.74, 6) is 1.77. The molecule has 1 aromatic carbocycles. The highest BCUT2D eigenvalue weighted by Crippen LogP contribution is 2.43. The largest absolute Gasteiger partial charge is 0.448 e. The van der Waals surface area contributed by atoms with Crippen molar-refractivity contribution in [1.82, 2.24) is 14.7 Å². The lowest BCUT2D eigenvalue weighted by atomic mass is 9.74. The van der Waals surface area contributed by atoms with E-state index in [1.165, 1.54) is 50.4 Å². The zero-order valence-corrected chi connectivity index (χ0v) is 19.6. The zero-order chi connectivity index (χ0) is 22.9. The lowest BCUT2D eigenvalue weighted by molar-refractivity contribution is -0.00222. The van der Waals surface area contributed by atoms with Crippen LogP contribution in [0.2, 0.25) is 0 Å². The van der Waals surface area contributed by atoms with Crippen LogP contribution in [0.5, 0.6) is 0 Å². The first-order valence-corrected chi connectivity index (χ1v) is 12.3. The molecule has 0 radical (unpaired) electrons. The summed E-state index contributed by atoms with van der Waals surface area (Å²) < 4.78 is 7.70.